The number of hydrogen-bond donors (Lipinski definition) is 1. The standard InChI is InChI=1S/C10H12O4/c11-8-5-9(14-10(12)6-8)7-1-3-13-4-2-7/h5-7,11H,1-4H2. The highest BCUT2D eigenvalue weighted by Gasteiger charge is 2.18. The van der Waals surface area contributed by atoms with Crippen molar-refractivity contribution in [3.8, 4) is 5.75 Å². The van der Waals surface area contributed by atoms with Crippen LogP contribution in [0.15, 0.2) is 21.3 Å². The Morgan fingerprint density at radius 2 is 2.00 bits per heavy atom. The van der Waals surface area contributed by atoms with Gasteiger partial charge in [-0.05, 0) is 12.8 Å². The lowest BCUT2D eigenvalue weighted by atomic mass is 9.97. The van der Waals surface area contributed by atoms with Gasteiger partial charge in [-0.15, -0.1) is 0 Å². The van der Waals surface area contributed by atoms with Crippen LogP contribution in [0.2, 0.25) is 0 Å². The first-order valence-corrected chi connectivity index (χ1v) is 4.67. The lowest BCUT2D eigenvalue weighted by Gasteiger charge is -2.20. The Morgan fingerprint density at radius 3 is 2.64 bits per heavy atom. The summed E-state index contributed by atoms with van der Waals surface area (Å²) in [5, 5.41) is 9.23. The molecule has 1 aliphatic heterocycles. The second-order valence-electron chi connectivity index (χ2n) is 3.42. The van der Waals surface area contributed by atoms with Crippen molar-refractivity contribution in [2.45, 2.75) is 18.8 Å². The summed E-state index contributed by atoms with van der Waals surface area (Å²) in [4.78, 5) is 11.0. The lowest BCUT2D eigenvalue weighted by molar-refractivity contribution is 0.0797. The second kappa shape index (κ2) is 3.84. The zero-order valence-corrected chi connectivity index (χ0v) is 7.73. The summed E-state index contributed by atoms with van der Waals surface area (Å²) in [6.45, 7) is 1.37. The summed E-state index contributed by atoms with van der Waals surface area (Å²) in [7, 11) is 0. The first kappa shape index (κ1) is 9.27. The molecule has 0 spiro atoms. The van der Waals surface area contributed by atoms with Crippen molar-refractivity contribution in [2.24, 2.45) is 0 Å². The Kier molecular flexibility index (Phi) is 2.54. The van der Waals surface area contributed by atoms with Crippen LogP contribution in [0.5, 0.6) is 5.75 Å². The predicted molar refractivity (Wildman–Crippen MR) is 49.4 cm³/mol. The van der Waals surface area contributed by atoms with E-state index in [4.69, 9.17) is 9.15 Å². The lowest BCUT2D eigenvalue weighted by Crippen LogP contribution is -2.15. The van der Waals surface area contributed by atoms with Crippen LogP contribution in [-0.2, 0) is 4.74 Å². The van der Waals surface area contributed by atoms with Gasteiger partial charge in [0.1, 0.15) is 11.5 Å². The average Bonchev–Trinajstić information content (AvgIpc) is 2.18. The van der Waals surface area contributed by atoms with Gasteiger partial charge in [0.2, 0.25) is 0 Å². The normalized spacial score (nSPS) is 18.3. The monoisotopic (exact) mass is 196 g/mol. The van der Waals surface area contributed by atoms with Gasteiger partial charge < -0.3 is 14.3 Å². The molecule has 1 aromatic rings. The van der Waals surface area contributed by atoms with Crippen LogP contribution in [0, 0.1) is 0 Å². The third-order valence-electron chi connectivity index (χ3n) is 2.40. The second-order valence-corrected chi connectivity index (χ2v) is 3.42. The van der Waals surface area contributed by atoms with Gasteiger partial charge in [-0.25, -0.2) is 4.79 Å². The van der Waals surface area contributed by atoms with Crippen LogP contribution in [-0.4, -0.2) is 18.3 Å². The van der Waals surface area contributed by atoms with Crippen molar-refractivity contribution in [3.63, 3.8) is 0 Å². The molecule has 4 nitrogen and oxygen atoms in total. The molecule has 0 bridgehead atoms. The SMILES string of the molecule is O=c1cc(O)cc(C2CCOCC2)o1. The van der Waals surface area contributed by atoms with Gasteiger partial charge in [-0.1, -0.05) is 0 Å². The first-order valence-electron chi connectivity index (χ1n) is 4.67. The Hall–Kier alpha value is -1.29. The zero-order valence-electron chi connectivity index (χ0n) is 7.73. The maximum Gasteiger partial charge on any atom is 0.339 e. The van der Waals surface area contributed by atoms with E-state index >= 15 is 0 Å². The molecule has 76 valence electrons. The minimum absolute atomic E-state index is 0.0252. The first-order chi connectivity index (χ1) is 6.75. The molecule has 0 aliphatic carbocycles. The Balaban J connectivity index is 2.26. The van der Waals surface area contributed by atoms with Gasteiger partial charge in [0.05, 0.1) is 6.07 Å². The largest absolute Gasteiger partial charge is 0.508 e. The van der Waals surface area contributed by atoms with E-state index in [0.29, 0.717) is 19.0 Å². The van der Waals surface area contributed by atoms with Crippen molar-refractivity contribution in [3.05, 3.63) is 28.3 Å². The highest BCUT2D eigenvalue weighted by molar-refractivity contribution is 5.20. The smallest absolute Gasteiger partial charge is 0.339 e. The van der Waals surface area contributed by atoms with E-state index in [9.17, 15) is 9.90 Å². The molecule has 1 aromatic heterocycles. The maximum absolute atomic E-state index is 11.0. The van der Waals surface area contributed by atoms with E-state index in [2.05, 4.69) is 0 Å². The van der Waals surface area contributed by atoms with E-state index < -0.39 is 5.63 Å². The molecule has 0 aromatic carbocycles. The minimum atomic E-state index is -0.494. The summed E-state index contributed by atoms with van der Waals surface area (Å²) < 4.78 is 10.2. The van der Waals surface area contributed by atoms with Gasteiger partial charge >= 0.3 is 5.63 Å². The number of aromatic hydroxyl groups is 1. The number of rotatable bonds is 1. The van der Waals surface area contributed by atoms with E-state index in [1.165, 1.54) is 6.07 Å². The fraction of sp³-hybridized carbons (Fsp3) is 0.500. The maximum atomic E-state index is 11.0. The molecule has 1 saturated heterocycles. The molecule has 1 aliphatic rings. The van der Waals surface area contributed by atoms with Gasteiger partial charge in [-0.3, -0.25) is 0 Å². The van der Waals surface area contributed by atoms with E-state index in [1.807, 2.05) is 0 Å². The molecule has 0 unspecified atom stereocenters. The molecular formula is C10H12O4. The third-order valence-corrected chi connectivity index (χ3v) is 2.40. The highest BCUT2D eigenvalue weighted by atomic mass is 16.5. The Bertz CT molecular complexity index is 363. The van der Waals surface area contributed by atoms with Crippen molar-refractivity contribution < 1.29 is 14.3 Å². The molecular weight excluding hydrogens is 184 g/mol. The van der Waals surface area contributed by atoms with Crippen LogP contribution < -0.4 is 5.63 Å². The number of ether oxygens (including phenoxy) is 1. The van der Waals surface area contributed by atoms with Gasteiger partial charge in [0.15, 0.2) is 0 Å². The van der Waals surface area contributed by atoms with E-state index in [0.717, 1.165) is 18.9 Å². The molecule has 1 fully saturated rings. The topological polar surface area (TPSA) is 59.7 Å². The Morgan fingerprint density at radius 1 is 1.29 bits per heavy atom. The summed E-state index contributed by atoms with van der Waals surface area (Å²) in [6, 6.07) is 2.58. The molecule has 2 heterocycles. The van der Waals surface area contributed by atoms with Gasteiger partial charge in [-0.2, -0.15) is 0 Å². The molecule has 2 rings (SSSR count). The van der Waals surface area contributed by atoms with Crippen LogP contribution in [0.3, 0.4) is 0 Å². The average molecular weight is 196 g/mol. The van der Waals surface area contributed by atoms with E-state index in [-0.39, 0.29) is 11.7 Å². The van der Waals surface area contributed by atoms with Crippen molar-refractivity contribution in [1.29, 1.82) is 0 Å². The van der Waals surface area contributed by atoms with Crippen LogP contribution in [0.1, 0.15) is 24.5 Å². The van der Waals surface area contributed by atoms with Crippen molar-refractivity contribution in [2.75, 3.05) is 13.2 Å². The van der Waals surface area contributed by atoms with Crippen molar-refractivity contribution in [1.82, 2.24) is 0 Å². The zero-order chi connectivity index (χ0) is 9.97. The summed E-state index contributed by atoms with van der Waals surface area (Å²) in [5.41, 5.74) is -0.494. The van der Waals surface area contributed by atoms with Crippen LogP contribution in [0.4, 0.5) is 0 Å². The van der Waals surface area contributed by atoms with Gasteiger partial charge in [0, 0.05) is 25.2 Å². The molecule has 4 heteroatoms. The van der Waals surface area contributed by atoms with Gasteiger partial charge in [0.25, 0.3) is 0 Å². The molecule has 1 N–H and O–H groups in total. The fourth-order valence-electron chi connectivity index (χ4n) is 1.67. The summed E-state index contributed by atoms with van der Waals surface area (Å²) in [5.74, 6) is 0.740. The molecule has 0 saturated carbocycles. The quantitative estimate of drug-likeness (QED) is 0.734. The molecule has 0 radical (unpaired) electrons. The fourth-order valence-corrected chi connectivity index (χ4v) is 1.67. The third kappa shape index (κ3) is 1.96. The van der Waals surface area contributed by atoms with Crippen LogP contribution in [0.25, 0.3) is 0 Å². The molecule has 0 atom stereocenters. The summed E-state index contributed by atoms with van der Waals surface area (Å²) in [6.07, 6.45) is 1.68. The Labute approximate surface area is 81.1 Å². The minimum Gasteiger partial charge on any atom is -0.508 e. The summed E-state index contributed by atoms with van der Waals surface area (Å²) >= 11 is 0. The predicted octanol–water partition coefficient (Wildman–Crippen LogP) is 1.24. The van der Waals surface area contributed by atoms with E-state index in [1.54, 1.807) is 0 Å². The van der Waals surface area contributed by atoms with Crippen molar-refractivity contribution >= 4 is 0 Å². The molecule has 14 heavy (non-hydrogen) atoms. The highest BCUT2D eigenvalue weighted by Crippen LogP contribution is 2.27. The van der Waals surface area contributed by atoms with Crippen LogP contribution >= 0.6 is 0 Å². The molecule has 0 amide bonds. The number of hydrogen-bond acceptors (Lipinski definition) is 4.